The zero-order chi connectivity index (χ0) is 26.3. The van der Waals surface area contributed by atoms with Crippen LogP contribution in [0.1, 0.15) is 11.5 Å². The van der Waals surface area contributed by atoms with Crippen LogP contribution in [0.2, 0.25) is 0 Å². The van der Waals surface area contributed by atoms with E-state index in [2.05, 4.69) is 54.5 Å². The van der Waals surface area contributed by atoms with Crippen LogP contribution in [0.15, 0.2) is 89.9 Å². The molecule has 7 nitrogen and oxygen atoms in total. The van der Waals surface area contributed by atoms with Gasteiger partial charge in [-0.3, -0.25) is 0 Å². The second kappa shape index (κ2) is 9.33. The summed E-state index contributed by atoms with van der Waals surface area (Å²) in [7, 11) is 1.64. The van der Waals surface area contributed by atoms with E-state index in [9.17, 15) is 10.5 Å². The first kappa shape index (κ1) is 24.2. The molecule has 3 aromatic rings. The number of hydrogen-bond acceptors (Lipinski definition) is 7. The van der Waals surface area contributed by atoms with Crippen molar-refractivity contribution in [3.05, 3.63) is 90.5 Å². The number of amidine groups is 1. The average molecular weight is 566 g/mol. The fourth-order valence-corrected chi connectivity index (χ4v) is 7.09. The number of methoxy groups -OCH3 is 1. The Kier molecular flexibility index (Phi) is 5.95. The molecule has 3 aromatic carbocycles. The van der Waals surface area contributed by atoms with Gasteiger partial charge in [0.05, 0.1) is 0 Å². The minimum absolute atomic E-state index is 0.410. The number of para-hydroxylation sites is 3. The van der Waals surface area contributed by atoms with Gasteiger partial charge in [0.25, 0.3) is 0 Å². The maximum absolute atomic E-state index is 11.1. The van der Waals surface area contributed by atoms with Crippen molar-refractivity contribution in [2.45, 2.75) is 5.92 Å². The van der Waals surface area contributed by atoms with Gasteiger partial charge in [-0.25, -0.2) is 0 Å². The quantitative estimate of drug-likeness (QED) is 0.449. The van der Waals surface area contributed by atoms with Crippen molar-refractivity contribution in [3.63, 3.8) is 0 Å². The normalized spacial score (nSPS) is 26.1. The Bertz CT molecular complexity index is 1500. The molecule has 3 aliphatic rings. The SMILES string of the molecule is COc1ccccc1C1C2(C#N)CN(c3ccccc3)CC1(C#N)C1=NCN(c3ccccc3)CN1C2=[Se]. The Labute approximate surface area is 230 Å². The molecule has 3 unspecified atom stereocenters. The first-order valence-corrected chi connectivity index (χ1v) is 13.4. The van der Waals surface area contributed by atoms with E-state index in [4.69, 9.17) is 9.73 Å². The fourth-order valence-electron chi connectivity index (χ4n) is 6.31. The summed E-state index contributed by atoms with van der Waals surface area (Å²) in [4.78, 5) is 11.5. The molecule has 188 valence electrons. The molecule has 2 fully saturated rings. The summed E-state index contributed by atoms with van der Waals surface area (Å²) in [5.41, 5.74) is 0.745. The van der Waals surface area contributed by atoms with E-state index in [0.717, 1.165) is 21.5 Å². The van der Waals surface area contributed by atoms with E-state index in [1.165, 1.54) is 0 Å². The number of anilines is 2. The van der Waals surface area contributed by atoms with Gasteiger partial charge in [-0.05, 0) is 0 Å². The van der Waals surface area contributed by atoms with Crippen molar-refractivity contribution in [1.29, 1.82) is 10.5 Å². The average Bonchev–Trinajstić information content (AvgIpc) is 3.00. The Morgan fingerprint density at radius 1 is 0.842 bits per heavy atom. The molecule has 3 atom stereocenters. The molecule has 38 heavy (non-hydrogen) atoms. The number of hydrogen-bond donors (Lipinski definition) is 0. The molecule has 0 saturated carbocycles. The Morgan fingerprint density at radius 2 is 1.42 bits per heavy atom. The molecule has 0 N–H and O–H groups in total. The van der Waals surface area contributed by atoms with Crippen LogP contribution < -0.4 is 14.5 Å². The van der Waals surface area contributed by atoms with Crippen molar-refractivity contribution in [1.82, 2.24) is 4.90 Å². The van der Waals surface area contributed by atoms with Crippen molar-refractivity contribution in [2.75, 3.05) is 43.3 Å². The van der Waals surface area contributed by atoms with Crippen LogP contribution in [0.3, 0.4) is 0 Å². The van der Waals surface area contributed by atoms with E-state index < -0.39 is 16.7 Å². The fraction of sp³-hybridized carbons (Fsp3) is 0.267. The van der Waals surface area contributed by atoms with Crippen molar-refractivity contribution >= 4 is 37.3 Å². The van der Waals surface area contributed by atoms with Crippen LogP contribution in [-0.2, 0) is 0 Å². The Balaban J connectivity index is 1.58. The van der Waals surface area contributed by atoms with E-state index in [1.807, 2.05) is 72.8 Å². The summed E-state index contributed by atoms with van der Waals surface area (Å²) < 4.78 is 6.57. The molecule has 3 aliphatic heterocycles. The summed E-state index contributed by atoms with van der Waals surface area (Å²) in [5, 5.41) is 22.2. The zero-order valence-corrected chi connectivity index (χ0v) is 22.7. The van der Waals surface area contributed by atoms with E-state index in [-0.39, 0.29) is 0 Å². The van der Waals surface area contributed by atoms with Gasteiger partial charge in [-0.1, -0.05) is 0 Å². The molecule has 2 bridgehead atoms. The van der Waals surface area contributed by atoms with Gasteiger partial charge < -0.3 is 0 Å². The van der Waals surface area contributed by atoms with E-state index in [0.29, 0.717) is 38.0 Å². The molecule has 8 heteroatoms. The molecular formula is C30H26N6OSe. The number of fused-ring (bicyclic) bond motifs is 4. The standard InChI is InChI=1S/C30H26N6OSe/c1-37-25-15-9-8-14-24(25)26-29(16-31)18-34(22-10-4-2-5-11-22)19-30(26,17-32)28(38)36-21-35(20-33-27(29)36)23-12-6-3-7-13-23/h2-15,26H,18-21H2,1H3. The Morgan fingerprint density at radius 3 is 2.05 bits per heavy atom. The first-order valence-electron chi connectivity index (χ1n) is 12.5. The number of piperidine rings is 2. The Hall–Kier alpha value is -4.10. The van der Waals surface area contributed by atoms with Crippen LogP contribution in [0.4, 0.5) is 11.4 Å². The summed E-state index contributed by atoms with van der Waals surface area (Å²) in [6, 6.07) is 33.3. The number of rotatable bonds is 4. The van der Waals surface area contributed by atoms with E-state index >= 15 is 0 Å². The van der Waals surface area contributed by atoms with Crippen molar-refractivity contribution in [3.8, 4) is 17.9 Å². The molecule has 6 rings (SSSR count). The van der Waals surface area contributed by atoms with Crippen LogP contribution in [0.5, 0.6) is 5.75 Å². The van der Waals surface area contributed by atoms with E-state index in [1.54, 1.807) is 7.11 Å². The number of ether oxygens (including phenoxy) is 1. The third-order valence-electron chi connectivity index (χ3n) is 7.94. The summed E-state index contributed by atoms with van der Waals surface area (Å²) >= 11 is 3.28. The topological polar surface area (TPSA) is 78.9 Å². The molecule has 0 radical (unpaired) electrons. The maximum atomic E-state index is 11.1. The van der Waals surface area contributed by atoms with Crippen LogP contribution in [0, 0.1) is 33.5 Å². The van der Waals surface area contributed by atoms with Gasteiger partial charge in [0, 0.05) is 0 Å². The van der Waals surface area contributed by atoms with Crippen LogP contribution in [0.25, 0.3) is 0 Å². The summed E-state index contributed by atoms with van der Waals surface area (Å²) in [6.45, 7) is 1.77. The number of nitriles is 2. The molecule has 0 amide bonds. The number of nitrogens with zero attached hydrogens (tertiary/aromatic N) is 6. The summed E-state index contributed by atoms with van der Waals surface area (Å²) in [5.74, 6) is 0.896. The van der Waals surface area contributed by atoms with Gasteiger partial charge in [-0.15, -0.1) is 0 Å². The first-order chi connectivity index (χ1) is 18.6. The van der Waals surface area contributed by atoms with Crippen molar-refractivity contribution in [2.24, 2.45) is 15.8 Å². The second-order valence-corrected chi connectivity index (χ2v) is 10.7. The molecule has 0 aliphatic carbocycles. The third kappa shape index (κ3) is 3.45. The molecular weight excluding hydrogens is 539 g/mol. The third-order valence-corrected chi connectivity index (χ3v) is 9.17. The van der Waals surface area contributed by atoms with Gasteiger partial charge in [-0.2, -0.15) is 0 Å². The van der Waals surface area contributed by atoms with Crippen molar-refractivity contribution < 1.29 is 4.74 Å². The molecule has 2 saturated heterocycles. The summed E-state index contributed by atoms with van der Waals surface area (Å²) in [6.07, 6.45) is 0. The molecule has 0 spiro atoms. The van der Waals surface area contributed by atoms with Crippen LogP contribution >= 0.6 is 0 Å². The van der Waals surface area contributed by atoms with Gasteiger partial charge in [0.1, 0.15) is 0 Å². The molecule has 0 aromatic heterocycles. The predicted molar refractivity (Wildman–Crippen MR) is 149 cm³/mol. The van der Waals surface area contributed by atoms with Gasteiger partial charge in [0.2, 0.25) is 0 Å². The minimum atomic E-state index is -1.09. The zero-order valence-electron chi connectivity index (χ0n) is 21.0. The predicted octanol–water partition coefficient (Wildman–Crippen LogP) is 3.77. The van der Waals surface area contributed by atoms with Gasteiger partial charge >= 0.3 is 231 Å². The number of aliphatic imine (C=N–C) groups is 1. The number of benzene rings is 3. The molecule has 3 heterocycles. The monoisotopic (exact) mass is 566 g/mol. The second-order valence-electron chi connectivity index (χ2n) is 9.91. The van der Waals surface area contributed by atoms with Crippen LogP contribution in [-0.4, -0.2) is 64.4 Å². The van der Waals surface area contributed by atoms with Gasteiger partial charge in [0.15, 0.2) is 0 Å².